The molecule has 0 bridgehead atoms. The van der Waals surface area contributed by atoms with Crippen molar-refractivity contribution < 1.29 is 4.74 Å². The number of nitrogens with zero attached hydrogens (tertiary/aromatic N) is 1. The normalized spacial score (nSPS) is 24.2. The summed E-state index contributed by atoms with van der Waals surface area (Å²) in [5, 5.41) is 7.16. The number of nitrogens with one attached hydrogen (secondary N) is 2. The molecule has 1 heterocycles. The van der Waals surface area contributed by atoms with Crippen molar-refractivity contribution >= 4 is 29.9 Å². The van der Waals surface area contributed by atoms with E-state index in [2.05, 4.69) is 39.9 Å². The molecule has 1 aromatic rings. The molecule has 1 atom stereocenters. The number of hydrogen-bond donors (Lipinski definition) is 2. The average Bonchev–Trinajstić information content (AvgIpc) is 3.33. The zero-order valence-corrected chi connectivity index (χ0v) is 17.4. The van der Waals surface area contributed by atoms with Crippen molar-refractivity contribution in [3.8, 4) is 5.75 Å². The van der Waals surface area contributed by atoms with Crippen molar-refractivity contribution in [3.63, 3.8) is 0 Å². The van der Waals surface area contributed by atoms with Crippen LogP contribution in [0.3, 0.4) is 0 Å². The Morgan fingerprint density at radius 2 is 2.00 bits per heavy atom. The van der Waals surface area contributed by atoms with E-state index in [0.29, 0.717) is 0 Å². The van der Waals surface area contributed by atoms with E-state index in [1.54, 1.807) is 0 Å². The molecular weight excluding hydrogens is 425 g/mol. The van der Waals surface area contributed by atoms with Gasteiger partial charge in [-0.2, -0.15) is 0 Å². The highest BCUT2D eigenvalue weighted by Gasteiger charge is 2.43. The van der Waals surface area contributed by atoms with Gasteiger partial charge in [0.2, 0.25) is 0 Å². The topological polar surface area (TPSA) is 45.7 Å². The van der Waals surface area contributed by atoms with Crippen LogP contribution in [-0.2, 0) is 0 Å². The molecule has 5 heteroatoms. The first-order chi connectivity index (χ1) is 11.8. The quantitative estimate of drug-likeness (QED) is 0.402. The first-order valence-corrected chi connectivity index (χ1v) is 9.53. The Bertz CT molecular complexity index is 609. The first kappa shape index (κ1) is 18.8. The second kappa shape index (κ2) is 8.14. The zero-order chi connectivity index (χ0) is 16.4. The van der Waals surface area contributed by atoms with Crippen LogP contribution in [0.25, 0.3) is 0 Å². The van der Waals surface area contributed by atoms with Gasteiger partial charge in [0.25, 0.3) is 0 Å². The third kappa shape index (κ3) is 4.41. The minimum Gasteiger partial charge on any atom is -0.487 e. The molecule has 1 aliphatic heterocycles. The number of rotatable bonds is 4. The summed E-state index contributed by atoms with van der Waals surface area (Å²) in [6.45, 7) is 1.01. The molecule has 1 aromatic carbocycles. The van der Waals surface area contributed by atoms with Crippen molar-refractivity contribution in [1.82, 2.24) is 10.6 Å². The maximum absolute atomic E-state index is 6.45. The van der Waals surface area contributed by atoms with Gasteiger partial charge in [-0.1, -0.05) is 31.0 Å². The van der Waals surface area contributed by atoms with Crippen LogP contribution in [0.1, 0.15) is 63.0 Å². The lowest BCUT2D eigenvalue weighted by atomic mass is 9.86. The maximum atomic E-state index is 6.45. The lowest BCUT2D eigenvalue weighted by Gasteiger charge is -2.40. The van der Waals surface area contributed by atoms with E-state index in [4.69, 9.17) is 4.74 Å². The van der Waals surface area contributed by atoms with Gasteiger partial charge in [-0.15, -0.1) is 24.0 Å². The molecule has 2 N–H and O–H groups in total. The van der Waals surface area contributed by atoms with Gasteiger partial charge in [0.15, 0.2) is 5.96 Å². The fourth-order valence-electron chi connectivity index (χ4n) is 4.23. The molecule has 4 rings (SSSR count). The summed E-state index contributed by atoms with van der Waals surface area (Å²) in [6, 6.07) is 8.76. The van der Waals surface area contributed by atoms with Crippen molar-refractivity contribution in [2.75, 3.05) is 13.6 Å². The molecule has 2 aliphatic carbocycles. The van der Waals surface area contributed by atoms with Gasteiger partial charge >= 0.3 is 0 Å². The lowest BCUT2D eigenvalue weighted by molar-refractivity contribution is 0.0396. The van der Waals surface area contributed by atoms with Gasteiger partial charge in [0.05, 0.1) is 6.04 Å². The number of hydrogen-bond acceptors (Lipinski definition) is 2. The van der Waals surface area contributed by atoms with Crippen molar-refractivity contribution in [1.29, 1.82) is 0 Å². The second-order valence-electron chi connectivity index (χ2n) is 7.66. The van der Waals surface area contributed by atoms with Gasteiger partial charge in [0.1, 0.15) is 11.4 Å². The zero-order valence-electron chi connectivity index (χ0n) is 15.1. The summed E-state index contributed by atoms with van der Waals surface area (Å²) in [5.41, 5.74) is 1.29. The van der Waals surface area contributed by atoms with Crippen molar-refractivity contribution in [2.24, 2.45) is 10.9 Å². The monoisotopic (exact) mass is 455 g/mol. The molecule has 1 spiro atoms. The molecule has 1 unspecified atom stereocenters. The fraction of sp³-hybridized carbons (Fsp3) is 0.650. The van der Waals surface area contributed by atoms with Crippen LogP contribution < -0.4 is 15.4 Å². The third-order valence-electron chi connectivity index (χ3n) is 5.79. The lowest BCUT2D eigenvalue weighted by Crippen LogP contribution is -2.46. The van der Waals surface area contributed by atoms with E-state index in [-0.39, 0.29) is 35.6 Å². The Kier molecular flexibility index (Phi) is 6.12. The van der Waals surface area contributed by atoms with Crippen molar-refractivity contribution in [3.05, 3.63) is 29.8 Å². The number of ether oxygens (including phenoxy) is 1. The van der Waals surface area contributed by atoms with E-state index in [9.17, 15) is 0 Å². The van der Waals surface area contributed by atoms with Gasteiger partial charge in [0, 0.05) is 25.6 Å². The number of benzene rings is 1. The van der Waals surface area contributed by atoms with Crippen LogP contribution in [0.5, 0.6) is 5.75 Å². The molecule has 0 aromatic heterocycles. The summed E-state index contributed by atoms with van der Waals surface area (Å²) >= 11 is 0. The van der Waals surface area contributed by atoms with Crippen LogP contribution in [-0.4, -0.2) is 25.2 Å². The van der Waals surface area contributed by atoms with Gasteiger partial charge in [-0.05, 0) is 44.1 Å². The summed E-state index contributed by atoms with van der Waals surface area (Å²) < 4.78 is 6.45. The molecule has 25 heavy (non-hydrogen) atoms. The highest BCUT2D eigenvalue weighted by molar-refractivity contribution is 14.0. The van der Waals surface area contributed by atoms with Crippen molar-refractivity contribution in [2.45, 2.75) is 63.0 Å². The summed E-state index contributed by atoms with van der Waals surface area (Å²) in [5.74, 6) is 2.92. The first-order valence-electron chi connectivity index (χ1n) is 9.53. The molecule has 2 saturated carbocycles. The molecule has 0 radical (unpaired) electrons. The van der Waals surface area contributed by atoms with Gasteiger partial charge in [-0.25, -0.2) is 0 Å². The Labute approximate surface area is 168 Å². The SMILES string of the molecule is CN=C(NCCC1CC1)NC1CC2(CCCC2)Oc2ccccc21.I. The Morgan fingerprint density at radius 1 is 1.24 bits per heavy atom. The van der Waals surface area contributed by atoms with Crippen LogP contribution in [0.15, 0.2) is 29.3 Å². The number of para-hydroxylation sites is 1. The Morgan fingerprint density at radius 3 is 2.72 bits per heavy atom. The standard InChI is InChI=1S/C20H29N3O.HI/c1-21-19(22-13-10-15-8-9-15)23-17-14-20(11-4-5-12-20)24-18-7-3-2-6-16(17)18;/h2-3,6-7,15,17H,4-5,8-14H2,1H3,(H2,21,22,23);1H. The highest BCUT2D eigenvalue weighted by atomic mass is 127. The average molecular weight is 455 g/mol. The molecule has 138 valence electrons. The fourth-order valence-corrected chi connectivity index (χ4v) is 4.23. The minimum atomic E-state index is 0. The summed E-state index contributed by atoms with van der Waals surface area (Å²) in [6.07, 6.45) is 10.0. The van der Waals surface area contributed by atoms with E-state index in [1.807, 2.05) is 7.05 Å². The third-order valence-corrected chi connectivity index (χ3v) is 5.79. The molecule has 2 fully saturated rings. The minimum absolute atomic E-state index is 0. The predicted molar refractivity (Wildman–Crippen MR) is 113 cm³/mol. The maximum Gasteiger partial charge on any atom is 0.191 e. The van der Waals surface area contributed by atoms with Gasteiger partial charge in [-0.3, -0.25) is 4.99 Å². The second-order valence-corrected chi connectivity index (χ2v) is 7.66. The van der Waals surface area contributed by atoms with E-state index >= 15 is 0 Å². The Hall–Kier alpha value is -0.980. The van der Waals surface area contributed by atoms with Crippen LogP contribution in [0.4, 0.5) is 0 Å². The predicted octanol–water partition coefficient (Wildman–Crippen LogP) is 4.41. The molecule has 0 amide bonds. The van der Waals surface area contributed by atoms with Crippen LogP contribution in [0, 0.1) is 5.92 Å². The van der Waals surface area contributed by atoms with E-state index in [1.165, 1.54) is 50.5 Å². The molecule has 0 saturated heterocycles. The summed E-state index contributed by atoms with van der Waals surface area (Å²) in [7, 11) is 1.86. The number of aliphatic imine (C=N–C) groups is 1. The molecular formula is C20H30IN3O. The molecule has 3 aliphatic rings. The number of guanidine groups is 1. The smallest absolute Gasteiger partial charge is 0.191 e. The Balaban J connectivity index is 0.00000182. The number of fused-ring (bicyclic) bond motifs is 1. The largest absolute Gasteiger partial charge is 0.487 e. The number of halogens is 1. The molecule has 4 nitrogen and oxygen atoms in total. The highest BCUT2D eigenvalue weighted by Crippen LogP contribution is 2.46. The van der Waals surface area contributed by atoms with E-state index in [0.717, 1.165) is 30.6 Å². The van der Waals surface area contributed by atoms with Crippen LogP contribution in [0.2, 0.25) is 0 Å². The summed E-state index contributed by atoms with van der Waals surface area (Å²) in [4.78, 5) is 4.44. The van der Waals surface area contributed by atoms with E-state index < -0.39 is 0 Å². The van der Waals surface area contributed by atoms with Crippen LogP contribution >= 0.6 is 24.0 Å². The van der Waals surface area contributed by atoms with Gasteiger partial charge < -0.3 is 15.4 Å².